The molecule has 1 aliphatic rings. The van der Waals surface area contributed by atoms with E-state index in [9.17, 15) is 9.59 Å². The van der Waals surface area contributed by atoms with Gasteiger partial charge in [-0.15, -0.1) is 0 Å². The molecule has 1 aromatic rings. The lowest BCUT2D eigenvalue weighted by atomic mass is 9.94. The summed E-state index contributed by atoms with van der Waals surface area (Å²) < 4.78 is 10.3. The molecule has 0 amide bonds. The number of thioether (sulfide) groups is 1. The molecular formula is C16H21NO4S. The molecule has 22 heavy (non-hydrogen) atoms. The van der Waals surface area contributed by atoms with Crippen LogP contribution in [-0.2, 0) is 14.3 Å². The lowest BCUT2D eigenvalue weighted by molar-refractivity contribution is -0.147. The molecule has 1 aromatic carbocycles. The van der Waals surface area contributed by atoms with E-state index in [4.69, 9.17) is 9.47 Å². The van der Waals surface area contributed by atoms with Gasteiger partial charge in [-0.05, 0) is 31.2 Å². The molecule has 1 fully saturated rings. The van der Waals surface area contributed by atoms with E-state index in [1.54, 1.807) is 25.8 Å². The molecule has 2 rings (SSSR count). The van der Waals surface area contributed by atoms with Gasteiger partial charge in [-0.3, -0.25) is 4.79 Å². The Morgan fingerprint density at radius 2 is 2.14 bits per heavy atom. The Balaban J connectivity index is 2.15. The molecule has 120 valence electrons. The van der Waals surface area contributed by atoms with Crippen LogP contribution in [-0.4, -0.2) is 43.0 Å². The van der Waals surface area contributed by atoms with E-state index >= 15 is 0 Å². The van der Waals surface area contributed by atoms with E-state index in [1.807, 2.05) is 24.3 Å². The topological polar surface area (TPSA) is 64.6 Å². The highest BCUT2D eigenvalue weighted by molar-refractivity contribution is 7.99. The molecule has 5 nitrogen and oxygen atoms in total. The Kier molecular flexibility index (Phi) is 6.12. The number of esters is 1. The fourth-order valence-electron chi connectivity index (χ4n) is 2.37. The fraction of sp³-hybridized carbons (Fsp3) is 0.500. The summed E-state index contributed by atoms with van der Waals surface area (Å²) in [6.07, 6.45) is 0.509. The van der Waals surface area contributed by atoms with Crippen molar-refractivity contribution >= 4 is 29.2 Å². The van der Waals surface area contributed by atoms with E-state index in [1.165, 1.54) is 0 Å². The Labute approximate surface area is 134 Å². The lowest BCUT2D eigenvalue weighted by Crippen LogP contribution is -2.44. The van der Waals surface area contributed by atoms with Crippen molar-refractivity contribution in [1.29, 1.82) is 0 Å². The summed E-state index contributed by atoms with van der Waals surface area (Å²) in [4.78, 5) is 24.4. The van der Waals surface area contributed by atoms with E-state index in [-0.39, 0.29) is 17.7 Å². The number of rotatable bonds is 6. The van der Waals surface area contributed by atoms with Crippen LogP contribution in [0.1, 0.15) is 13.3 Å². The first-order chi connectivity index (χ1) is 10.7. The van der Waals surface area contributed by atoms with Crippen molar-refractivity contribution in [3.63, 3.8) is 0 Å². The SMILES string of the molecule is CCOC(=O)C(Nc1ccc(OC)cc1)C1CSCCC1=O. The molecule has 0 radical (unpaired) electrons. The number of hydrogen-bond acceptors (Lipinski definition) is 6. The van der Waals surface area contributed by atoms with Gasteiger partial charge >= 0.3 is 5.97 Å². The third-order valence-electron chi connectivity index (χ3n) is 3.56. The maximum Gasteiger partial charge on any atom is 0.329 e. The van der Waals surface area contributed by atoms with Gasteiger partial charge < -0.3 is 14.8 Å². The average molecular weight is 323 g/mol. The minimum Gasteiger partial charge on any atom is -0.497 e. The minimum atomic E-state index is -0.645. The third kappa shape index (κ3) is 4.16. The van der Waals surface area contributed by atoms with Crippen LogP contribution in [0.4, 0.5) is 5.69 Å². The van der Waals surface area contributed by atoms with Crippen molar-refractivity contribution < 1.29 is 19.1 Å². The molecular weight excluding hydrogens is 302 g/mol. The summed E-state index contributed by atoms with van der Waals surface area (Å²) >= 11 is 1.70. The van der Waals surface area contributed by atoms with Gasteiger partial charge in [0.15, 0.2) is 0 Å². The first-order valence-corrected chi connectivity index (χ1v) is 8.49. The Morgan fingerprint density at radius 1 is 1.41 bits per heavy atom. The molecule has 1 heterocycles. The summed E-state index contributed by atoms with van der Waals surface area (Å²) in [6, 6.07) is 6.62. The van der Waals surface area contributed by atoms with Crippen LogP contribution in [0.25, 0.3) is 0 Å². The molecule has 0 aromatic heterocycles. The highest BCUT2D eigenvalue weighted by atomic mass is 32.2. The Bertz CT molecular complexity index is 517. The van der Waals surface area contributed by atoms with Crippen molar-refractivity contribution in [3.05, 3.63) is 24.3 Å². The Morgan fingerprint density at radius 3 is 2.73 bits per heavy atom. The number of anilines is 1. The van der Waals surface area contributed by atoms with Gasteiger partial charge in [0.05, 0.1) is 19.6 Å². The summed E-state index contributed by atoms with van der Waals surface area (Å²) in [5.41, 5.74) is 0.766. The van der Waals surface area contributed by atoms with Gasteiger partial charge in [0.2, 0.25) is 0 Å². The number of hydrogen-bond donors (Lipinski definition) is 1. The third-order valence-corrected chi connectivity index (χ3v) is 4.65. The lowest BCUT2D eigenvalue weighted by Gasteiger charge is -2.28. The molecule has 1 N–H and O–H groups in total. The van der Waals surface area contributed by atoms with E-state index in [0.717, 1.165) is 17.2 Å². The average Bonchev–Trinajstić information content (AvgIpc) is 2.54. The smallest absolute Gasteiger partial charge is 0.329 e. The quantitative estimate of drug-likeness (QED) is 0.811. The van der Waals surface area contributed by atoms with Crippen LogP contribution >= 0.6 is 11.8 Å². The fourth-order valence-corrected chi connectivity index (χ4v) is 3.51. The molecule has 0 bridgehead atoms. The van der Waals surface area contributed by atoms with Crippen LogP contribution < -0.4 is 10.1 Å². The second kappa shape index (κ2) is 8.08. The highest BCUT2D eigenvalue weighted by Crippen LogP contribution is 2.26. The van der Waals surface area contributed by atoms with Crippen molar-refractivity contribution in [2.24, 2.45) is 5.92 Å². The molecule has 6 heteroatoms. The predicted molar refractivity (Wildman–Crippen MR) is 87.5 cm³/mol. The molecule has 0 spiro atoms. The van der Waals surface area contributed by atoms with Gasteiger partial charge in [0, 0.05) is 23.6 Å². The minimum absolute atomic E-state index is 0.123. The molecule has 1 saturated heterocycles. The zero-order chi connectivity index (χ0) is 15.9. The number of Topliss-reactive ketones (excluding diaryl/α,β-unsaturated/α-hetero) is 1. The number of carbonyl (C=O) groups is 2. The van der Waals surface area contributed by atoms with Gasteiger partial charge in [-0.25, -0.2) is 4.79 Å². The van der Waals surface area contributed by atoms with E-state index < -0.39 is 6.04 Å². The number of ether oxygens (including phenoxy) is 2. The van der Waals surface area contributed by atoms with Crippen molar-refractivity contribution in [3.8, 4) is 5.75 Å². The number of nitrogens with one attached hydrogen (secondary N) is 1. The molecule has 2 atom stereocenters. The summed E-state index contributed by atoms with van der Waals surface area (Å²) in [7, 11) is 1.60. The molecule has 1 aliphatic heterocycles. The Hall–Kier alpha value is -1.69. The van der Waals surface area contributed by atoms with Gasteiger partial charge in [-0.2, -0.15) is 11.8 Å². The second-order valence-electron chi connectivity index (χ2n) is 5.00. The number of ketones is 1. The van der Waals surface area contributed by atoms with Gasteiger partial charge in [0.25, 0.3) is 0 Å². The molecule has 0 saturated carbocycles. The van der Waals surface area contributed by atoms with Crippen LogP contribution in [0.5, 0.6) is 5.75 Å². The highest BCUT2D eigenvalue weighted by Gasteiger charge is 2.36. The van der Waals surface area contributed by atoms with Crippen LogP contribution in [0.2, 0.25) is 0 Å². The van der Waals surface area contributed by atoms with E-state index in [2.05, 4.69) is 5.32 Å². The monoisotopic (exact) mass is 323 g/mol. The summed E-state index contributed by atoms with van der Waals surface area (Å²) in [6.45, 7) is 2.06. The van der Waals surface area contributed by atoms with Crippen molar-refractivity contribution in [1.82, 2.24) is 0 Å². The number of benzene rings is 1. The molecule has 0 aliphatic carbocycles. The summed E-state index contributed by atoms with van der Waals surface area (Å²) in [5, 5.41) is 3.15. The maximum atomic E-state index is 12.2. The first kappa shape index (κ1) is 16.7. The van der Waals surface area contributed by atoms with E-state index in [0.29, 0.717) is 18.8 Å². The van der Waals surface area contributed by atoms with Crippen molar-refractivity contribution in [2.75, 3.05) is 30.5 Å². The van der Waals surface area contributed by atoms with Gasteiger partial charge in [0.1, 0.15) is 17.6 Å². The summed E-state index contributed by atoms with van der Waals surface area (Å²) in [5.74, 6) is 1.61. The number of methoxy groups -OCH3 is 1. The normalized spacial score (nSPS) is 19.4. The first-order valence-electron chi connectivity index (χ1n) is 7.33. The maximum absolute atomic E-state index is 12.2. The standard InChI is InChI=1S/C16H21NO4S/c1-3-21-16(19)15(13-10-22-9-8-14(13)18)17-11-4-6-12(20-2)7-5-11/h4-7,13,15,17H,3,8-10H2,1-2H3. The second-order valence-corrected chi connectivity index (χ2v) is 6.15. The zero-order valence-corrected chi connectivity index (χ0v) is 13.7. The predicted octanol–water partition coefficient (Wildman–Crippen LogP) is 2.36. The largest absolute Gasteiger partial charge is 0.497 e. The van der Waals surface area contributed by atoms with Crippen LogP contribution in [0.3, 0.4) is 0 Å². The van der Waals surface area contributed by atoms with Gasteiger partial charge in [-0.1, -0.05) is 0 Å². The van der Waals surface area contributed by atoms with Crippen molar-refractivity contribution in [2.45, 2.75) is 19.4 Å². The zero-order valence-electron chi connectivity index (χ0n) is 12.8. The number of carbonyl (C=O) groups excluding carboxylic acids is 2. The van der Waals surface area contributed by atoms with Crippen LogP contribution in [0, 0.1) is 5.92 Å². The molecule has 2 unspecified atom stereocenters. The van der Waals surface area contributed by atoms with Crippen LogP contribution in [0.15, 0.2) is 24.3 Å².